The Morgan fingerprint density at radius 1 is 0.540 bits per heavy atom. The summed E-state index contributed by atoms with van der Waals surface area (Å²) in [5.74, 6) is 0. The summed E-state index contributed by atoms with van der Waals surface area (Å²) < 4.78 is 58.0. The van der Waals surface area contributed by atoms with Crippen LogP contribution in [-0.2, 0) is 37.3 Å². The topological polar surface area (TPSA) is 306 Å². The fraction of sp³-hybridized carbons (Fsp3) is 1.00. The SMILES string of the molecule is CO[Si](O[Si]([Si](C)(C)O[Si]O)([Si](O[Si]O)([Si]O)[Si]O)[Si](O[SiH](C)O[Si](C)(C)C)(O[Si](O[Si]O)([Si]O)[Si]O)[Si](O[Si]O)([Si]O)[Si]O)([Si]O)[Si](C)C. The largest absolute Gasteiger partial charge is 0.439 e. The van der Waals surface area contributed by atoms with Gasteiger partial charge < -0.3 is 90.1 Å². The van der Waals surface area contributed by atoms with E-state index in [1.165, 1.54) is 20.2 Å². The van der Waals surface area contributed by atoms with Gasteiger partial charge in [0, 0.05) is 7.11 Å². The Balaban J connectivity index is 9.82. The highest BCUT2D eigenvalue weighted by molar-refractivity contribution is 8.09. The molecular weight excluding hydrogens is 1020 g/mol. The first-order chi connectivity index (χ1) is 23.2. The molecule has 20 nitrogen and oxygen atoms in total. The third-order valence-electron chi connectivity index (χ3n) is 6.61. The van der Waals surface area contributed by atoms with Crippen LogP contribution in [0.15, 0.2) is 0 Å². The van der Waals surface area contributed by atoms with Crippen molar-refractivity contribution in [2.45, 2.75) is 52.4 Å². The second kappa shape index (κ2) is 23.4. The molecule has 23 radical (unpaired) electrons. The molecule has 0 saturated carbocycles. The Kier molecular flexibility index (Phi) is 25.1. The molecular formula is C9H39O20Si21. The van der Waals surface area contributed by atoms with Crippen LogP contribution in [0, 0.1) is 0 Å². The first-order valence-corrected chi connectivity index (χ1v) is 57.6. The van der Waals surface area contributed by atoms with Gasteiger partial charge in [0.15, 0.2) is 16.2 Å². The molecule has 0 amide bonds. The molecule has 0 spiro atoms. The normalized spacial score (nSPS) is 18.2. The average Bonchev–Trinajstić information content (AvgIpc) is 3.05. The highest BCUT2D eigenvalue weighted by Gasteiger charge is 2.90. The van der Waals surface area contributed by atoms with Gasteiger partial charge in [0.25, 0.3) is 50.9 Å². The molecule has 50 heavy (non-hydrogen) atoms. The van der Waals surface area contributed by atoms with Gasteiger partial charge in [0.1, 0.15) is 8.31 Å². The molecule has 0 aliphatic carbocycles. The monoisotopic (exact) mass is 1050 g/mol. The Morgan fingerprint density at radius 3 is 1.30 bits per heavy atom. The summed E-state index contributed by atoms with van der Waals surface area (Å²) in [4.78, 5) is 120. The Morgan fingerprint density at radius 2 is 0.980 bits per heavy atom. The van der Waals surface area contributed by atoms with E-state index in [1.54, 1.807) is 19.6 Å². The van der Waals surface area contributed by atoms with Crippen LogP contribution < -0.4 is 0 Å². The molecule has 0 aromatic carbocycles. The van der Waals surface area contributed by atoms with Crippen LogP contribution in [0.4, 0.5) is 0 Å². The fourth-order valence-electron chi connectivity index (χ4n) is 4.71. The van der Waals surface area contributed by atoms with Gasteiger partial charge >= 0.3 is 62.8 Å². The van der Waals surface area contributed by atoms with Crippen molar-refractivity contribution in [2.75, 3.05) is 7.11 Å². The molecule has 41 heteroatoms. The van der Waals surface area contributed by atoms with Gasteiger partial charge in [-0.15, -0.1) is 0 Å². The maximum Gasteiger partial charge on any atom is 0.420 e. The summed E-state index contributed by atoms with van der Waals surface area (Å²) in [6, 6.07) is 0. The van der Waals surface area contributed by atoms with E-state index in [0.29, 0.717) is 0 Å². The highest BCUT2D eigenvalue weighted by Crippen LogP contribution is 2.46. The standard InChI is InChI=1S/C9H39O20Si21/c1-21-46(36-16,41(2)3)29-50(44(8,9)22-30-10,49(39-19,40-20)25-33-13)47(27-42(4)26-43(5,6)7,48(37-17,38-18)24-32-12)28-45(34-14,35-15)23-31-11/h10-20,42H,1-9H3. The maximum absolute atomic E-state index is 11.5. The quantitative estimate of drug-likeness (QED) is 0.0310. The van der Waals surface area contributed by atoms with Crippen molar-refractivity contribution < 1.29 is 90.1 Å². The summed E-state index contributed by atoms with van der Waals surface area (Å²) in [5, 5.41) is 0. The van der Waals surface area contributed by atoms with Crippen molar-refractivity contribution >= 4 is 182 Å². The lowest BCUT2D eigenvalue weighted by atomic mass is 11.8. The first kappa shape index (κ1) is 53.8. The van der Waals surface area contributed by atoms with Gasteiger partial charge in [0.2, 0.25) is 44.0 Å². The number of hydrogen-bond acceptors (Lipinski definition) is 20. The molecule has 0 bridgehead atoms. The zero-order chi connectivity index (χ0) is 39.3. The minimum absolute atomic E-state index is 1.04. The fourth-order valence-corrected chi connectivity index (χ4v) is 232. The van der Waals surface area contributed by atoms with Crippen LogP contribution in [0.3, 0.4) is 0 Å². The molecule has 0 aromatic heterocycles. The van der Waals surface area contributed by atoms with E-state index in [9.17, 15) is 52.8 Å². The van der Waals surface area contributed by atoms with Crippen LogP contribution in [0.1, 0.15) is 0 Å². The van der Waals surface area contributed by atoms with E-state index in [4.69, 9.17) is 37.3 Å². The maximum atomic E-state index is 11.5. The van der Waals surface area contributed by atoms with Gasteiger partial charge in [-0.1, -0.05) is 13.1 Å². The van der Waals surface area contributed by atoms with Crippen molar-refractivity contribution in [1.82, 2.24) is 0 Å². The average molecular weight is 1060 g/mol. The summed E-state index contributed by atoms with van der Waals surface area (Å²) in [5.41, 5.74) is 0. The number of hydrogen-bond donors (Lipinski definition) is 11. The number of rotatable bonds is 29. The highest BCUT2D eigenvalue weighted by atomic mass is 30.3. The Hall–Kier alpha value is 3.75. The van der Waals surface area contributed by atoms with E-state index < -0.39 is 182 Å². The molecule has 0 rings (SSSR count). The molecule has 4 unspecified atom stereocenters. The van der Waals surface area contributed by atoms with Gasteiger partial charge in [-0.25, -0.2) is 0 Å². The van der Waals surface area contributed by atoms with E-state index in [1.807, 2.05) is 19.6 Å². The van der Waals surface area contributed by atoms with Crippen LogP contribution in [-0.4, -0.2) is 242 Å². The minimum Gasteiger partial charge on any atom is -0.439 e. The molecule has 0 aromatic rings. The van der Waals surface area contributed by atoms with Crippen molar-refractivity contribution in [3.8, 4) is 0 Å². The predicted octanol–water partition coefficient (Wildman–Crippen LogP) is -10.2. The molecule has 0 aliphatic rings. The molecule has 279 valence electrons. The lowest BCUT2D eigenvalue weighted by Gasteiger charge is -2.63. The smallest absolute Gasteiger partial charge is 0.420 e. The van der Waals surface area contributed by atoms with Crippen molar-refractivity contribution in [2.24, 2.45) is 0 Å². The van der Waals surface area contributed by atoms with E-state index >= 15 is 0 Å². The van der Waals surface area contributed by atoms with Gasteiger partial charge in [-0.2, -0.15) is 0 Å². The summed E-state index contributed by atoms with van der Waals surface area (Å²) in [6.07, 6.45) is 0. The first-order valence-electron chi connectivity index (χ1n) is 13.5. The predicted molar refractivity (Wildman–Crippen MR) is 209 cm³/mol. The van der Waals surface area contributed by atoms with E-state index in [2.05, 4.69) is 0 Å². The van der Waals surface area contributed by atoms with Crippen LogP contribution in [0.5, 0.6) is 0 Å². The summed E-state index contributed by atoms with van der Waals surface area (Å²) in [6.45, 7) is -0.925. The van der Waals surface area contributed by atoms with Crippen molar-refractivity contribution in [3.63, 3.8) is 0 Å². The molecule has 0 fully saturated rings. The van der Waals surface area contributed by atoms with Gasteiger partial charge in [-0.3, -0.25) is 0 Å². The second-order valence-electron chi connectivity index (χ2n) is 11.3. The minimum atomic E-state index is -5.42. The lowest BCUT2D eigenvalue weighted by Crippen LogP contribution is -3.04. The van der Waals surface area contributed by atoms with Gasteiger partial charge in [-0.05, 0) is 39.3 Å². The molecule has 4 atom stereocenters. The van der Waals surface area contributed by atoms with Gasteiger partial charge in [0.05, 0.1) is 0 Å². The molecule has 0 saturated heterocycles. The Bertz CT molecular complexity index is 954. The van der Waals surface area contributed by atoms with E-state index in [0.717, 1.165) is 0 Å². The van der Waals surface area contributed by atoms with Crippen LogP contribution in [0.25, 0.3) is 0 Å². The molecule has 0 heterocycles. The van der Waals surface area contributed by atoms with Crippen molar-refractivity contribution in [3.05, 3.63) is 0 Å². The third-order valence-corrected chi connectivity index (χ3v) is 153. The second-order valence-corrected chi connectivity index (χ2v) is 99.1. The summed E-state index contributed by atoms with van der Waals surface area (Å²) >= 11 is 0. The van der Waals surface area contributed by atoms with Crippen molar-refractivity contribution in [1.29, 1.82) is 0 Å². The summed E-state index contributed by atoms with van der Waals surface area (Å²) in [7, 11) is -39.4. The Labute approximate surface area is 329 Å². The molecule has 11 N–H and O–H groups in total. The zero-order valence-electron chi connectivity index (χ0n) is 28.2. The lowest BCUT2D eigenvalue weighted by molar-refractivity contribution is 0.308. The molecule has 0 aliphatic heterocycles. The van der Waals surface area contributed by atoms with E-state index in [-0.39, 0.29) is 0 Å². The van der Waals surface area contributed by atoms with Crippen LogP contribution >= 0.6 is 0 Å². The third kappa shape index (κ3) is 11.5. The zero-order valence-corrected chi connectivity index (χ0v) is 49.3. The van der Waals surface area contributed by atoms with Crippen LogP contribution in [0.2, 0.25) is 52.4 Å².